The first kappa shape index (κ1) is 24.4. The molecule has 3 heterocycles. The zero-order chi connectivity index (χ0) is 24.6. The summed E-state index contributed by atoms with van der Waals surface area (Å²) in [5, 5.41) is 5.95. The van der Waals surface area contributed by atoms with Gasteiger partial charge in [0.05, 0.1) is 10.9 Å². The molecule has 0 radical (unpaired) electrons. The molecule has 1 fully saturated rings. The number of rotatable bonds is 5. The van der Waals surface area contributed by atoms with Crippen LogP contribution in [0.4, 0.5) is 13.2 Å². The highest BCUT2D eigenvalue weighted by Gasteiger charge is 2.35. The molecule has 0 saturated carbocycles. The Morgan fingerprint density at radius 2 is 1.97 bits per heavy atom. The largest absolute Gasteiger partial charge is 0.481 e. The third-order valence-electron chi connectivity index (χ3n) is 4.34. The Bertz CT molecular complexity index is 1120. The van der Waals surface area contributed by atoms with E-state index >= 15 is 0 Å². The van der Waals surface area contributed by atoms with Crippen LogP contribution in [0.15, 0.2) is 11.4 Å². The molecular formula is C20H20F3N3O6S. The van der Waals surface area contributed by atoms with Gasteiger partial charge in [0.15, 0.2) is 6.61 Å². The normalized spacial score (nSPS) is 17.0. The minimum absolute atomic E-state index is 0.0149. The molecular weight excluding hydrogens is 467 g/mol. The maximum Gasteiger partial charge on any atom is 0.433 e. The third kappa shape index (κ3) is 5.97. The zero-order valence-corrected chi connectivity index (χ0v) is 18.6. The van der Waals surface area contributed by atoms with Crippen LogP contribution in [-0.4, -0.2) is 46.9 Å². The van der Waals surface area contributed by atoms with E-state index in [2.05, 4.69) is 15.6 Å². The van der Waals surface area contributed by atoms with Crippen LogP contribution in [0.25, 0.3) is 10.9 Å². The van der Waals surface area contributed by atoms with Gasteiger partial charge in [-0.3, -0.25) is 19.7 Å². The standard InChI is InChI=1S/C20H20F3N3O6S/c1-19(2,3)32-14(28)7-31-11-6-12(20(21,22)23)25-15-9(11)8-33-16(15)18(30)24-10-4-5-13(27)26-17(10)29/h6,8,10H,4-5,7H2,1-3H3,(H,24,30)(H,26,27,29). The van der Waals surface area contributed by atoms with Gasteiger partial charge in [0.25, 0.3) is 5.91 Å². The maximum atomic E-state index is 13.4. The quantitative estimate of drug-likeness (QED) is 0.491. The smallest absolute Gasteiger partial charge is 0.433 e. The Morgan fingerprint density at radius 1 is 1.27 bits per heavy atom. The van der Waals surface area contributed by atoms with Crippen LogP contribution in [-0.2, 0) is 25.3 Å². The number of carbonyl (C=O) groups is 4. The lowest BCUT2D eigenvalue weighted by Gasteiger charge is -2.21. The number of hydrogen-bond donors (Lipinski definition) is 2. The molecule has 1 unspecified atom stereocenters. The molecule has 1 atom stereocenters. The van der Waals surface area contributed by atoms with Crippen molar-refractivity contribution >= 4 is 45.9 Å². The number of imide groups is 1. The molecule has 0 bridgehead atoms. The highest BCUT2D eigenvalue weighted by atomic mass is 32.1. The van der Waals surface area contributed by atoms with Gasteiger partial charge < -0.3 is 14.8 Å². The number of halogens is 3. The van der Waals surface area contributed by atoms with Gasteiger partial charge >= 0.3 is 12.1 Å². The molecule has 0 aromatic carbocycles. The van der Waals surface area contributed by atoms with Crippen LogP contribution in [0, 0.1) is 0 Å². The average molecular weight is 487 g/mol. The zero-order valence-electron chi connectivity index (χ0n) is 17.8. The molecule has 0 aliphatic carbocycles. The molecule has 1 saturated heterocycles. The molecule has 1 aliphatic rings. The van der Waals surface area contributed by atoms with Gasteiger partial charge in [-0.25, -0.2) is 9.78 Å². The summed E-state index contributed by atoms with van der Waals surface area (Å²) in [6.45, 7) is 4.23. The van der Waals surface area contributed by atoms with Crippen LogP contribution >= 0.6 is 11.3 Å². The summed E-state index contributed by atoms with van der Waals surface area (Å²) in [5.41, 5.74) is -2.42. The number of nitrogens with one attached hydrogen (secondary N) is 2. The molecule has 1 aliphatic heterocycles. The van der Waals surface area contributed by atoms with E-state index in [1.807, 2.05) is 0 Å². The molecule has 178 valence electrons. The molecule has 33 heavy (non-hydrogen) atoms. The topological polar surface area (TPSA) is 124 Å². The van der Waals surface area contributed by atoms with Gasteiger partial charge in [0.2, 0.25) is 11.8 Å². The van der Waals surface area contributed by atoms with Gasteiger partial charge in [-0.15, -0.1) is 11.3 Å². The second-order valence-electron chi connectivity index (χ2n) is 8.18. The summed E-state index contributed by atoms with van der Waals surface area (Å²) in [6, 6.07) is -0.373. The fourth-order valence-electron chi connectivity index (χ4n) is 2.98. The summed E-state index contributed by atoms with van der Waals surface area (Å²) in [5.74, 6) is -3.09. The van der Waals surface area contributed by atoms with E-state index < -0.39 is 53.8 Å². The summed E-state index contributed by atoms with van der Waals surface area (Å²) in [6.07, 6.45) is -4.77. The number of piperidine rings is 1. The Hall–Kier alpha value is -3.22. The number of fused-ring (bicyclic) bond motifs is 1. The molecule has 2 aromatic heterocycles. The lowest BCUT2D eigenvalue weighted by atomic mass is 10.1. The van der Waals surface area contributed by atoms with E-state index in [0.29, 0.717) is 6.07 Å². The second kappa shape index (κ2) is 8.96. The van der Waals surface area contributed by atoms with Gasteiger partial charge in [0, 0.05) is 17.9 Å². The Balaban J connectivity index is 1.90. The number of ether oxygens (including phenoxy) is 2. The van der Waals surface area contributed by atoms with Crippen molar-refractivity contribution in [2.75, 3.05) is 6.61 Å². The Kier molecular flexibility index (Phi) is 6.63. The van der Waals surface area contributed by atoms with Crippen LogP contribution in [0.2, 0.25) is 0 Å². The summed E-state index contributed by atoms with van der Waals surface area (Å²) >= 11 is 0.802. The number of thiophene rings is 1. The predicted octanol–water partition coefficient (Wildman–Crippen LogP) is 2.57. The number of esters is 1. The van der Waals surface area contributed by atoms with Gasteiger partial charge in [0.1, 0.15) is 28.0 Å². The summed E-state index contributed by atoms with van der Waals surface area (Å²) < 4.78 is 50.7. The lowest BCUT2D eigenvalue weighted by Crippen LogP contribution is -2.52. The first-order chi connectivity index (χ1) is 15.2. The number of hydrogen-bond acceptors (Lipinski definition) is 8. The van der Waals surface area contributed by atoms with Crippen molar-refractivity contribution in [3.8, 4) is 5.75 Å². The van der Waals surface area contributed by atoms with E-state index in [-0.39, 0.29) is 34.4 Å². The molecule has 3 rings (SSSR count). The number of alkyl halides is 3. The predicted molar refractivity (Wildman–Crippen MR) is 110 cm³/mol. The molecule has 13 heteroatoms. The van der Waals surface area contributed by atoms with Gasteiger partial charge in [-0.05, 0) is 27.2 Å². The van der Waals surface area contributed by atoms with E-state index in [0.717, 1.165) is 11.3 Å². The van der Waals surface area contributed by atoms with Crippen LogP contribution in [0.3, 0.4) is 0 Å². The van der Waals surface area contributed by atoms with Crippen molar-refractivity contribution in [2.24, 2.45) is 0 Å². The van der Waals surface area contributed by atoms with E-state index in [9.17, 15) is 32.3 Å². The second-order valence-corrected chi connectivity index (χ2v) is 9.06. The van der Waals surface area contributed by atoms with Crippen molar-refractivity contribution in [2.45, 2.75) is 51.4 Å². The van der Waals surface area contributed by atoms with Crippen molar-refractivity contribution < 1.29 is 41.8 Å². The minimum Gasteiger partial charge on any atom is -0.481 e. The number of aromatic nitrogens is 1. The van der Waals surface area contributed by atoms with Gasteiger partial charge in [-0.2, -0.15) is 13.2 Å². The molecule has 0 spiro atoms. The van der Waals surface area contributed by atoms with E-state index in [1.165, 1.54) is 5.38 Å². The molecule has 9 nitrogen and oxygen atoms in total. The van der Waals surface area contributed by atoms with Crippen molar-refractivity contribution in [1.29, 1.82) is 0 Å². The monoisotopic (exact) mass is 487 g/mol. The van der Waals surface area contributed by atoms with Crippen molar-refractivity contribution in [1.82, 2.24) is 15.6 Å². The van der Waals surface area contributed by atoms with Crippen molar-refractivity contribution in [3.63, 3.8) is 0 Å². The highest BCUT2D eigenvalue weighted by molar-refractivity contribution is 7.13. The first-order valence-corrected chi connectivity index (χ1v) is 10.6. The molecule has 2 N–H and O–H groups in total. The summed E-state index contributed by atoms with van der Waals surface area (Å²) in [7, 11) is 0. The average Bonchev–Trinajstić information content (AvgIpc) is 3.10. The fourth-order valence-corrected chi connectivity index (χ4v) is 3.88. The van der Waals surface area contributed by atoms with E-state index in [1.54, 1.807) is 20.8 Å². The highest BCUT2D eigenvalue weighted by Crippen LogP contribution is 2.37. The Morgan fingerprint density at radius 3 is 2.58 bits per heavy atom. The summed E-state index contributed by atoms with van der Waals surface area (Å²) in [4.78, 5) is 51.2. The lowest BCUT2D eigenvalue weighted by molar-refractivity contribution is -0.157. The fraction of sp³-hybridized carbons (Fsp3) is 0.450. The number of amides is 3. The van der Waals surface area contributed by atoms with Gasteiger partial charge in [-0.1, -0.05) is 0 Å². The van der Waals surface area contributed by atoms with Crippen LogP contribution < -0.4 is 15.4 Å². The van der Waals surface area contributed by atoms with Crippen LogP contribution in [0.5, 0.6) is 5.75 Å². The molecule has 2 aromatic rings. The SMILES string of the molecule is CC(C)(C)OC(=O)COc1cc(C(F)(F)F)nc2c(C(=O)NC3CCC(=O)NC3=O)scc12. The first-order valence-electron chi connectivity index (χ1n) is 9.73. The third-order valence-corrected chi connectivity index (χ3v) is 5.31. The van der Waals surface area contributed by atoms with Crippen molar-refractivity contribution in [3.05, 3.63) is 22.0 Å². The maximum absolute atomic E-state index is 13.4. The number of nitrogens with zero attached hydrogens (tertiary/aromatic N) is 1. The molecule has 3 amide bonds. The Labute approximate surface area is 189 Å². The minimum atomic E-state index is -4.85. The van der Waals surface area contributed by atoms with Crippen LogP contribution in [0.1, 0.15) is 49.0 Å². The number of carbonyl (C=O) groups excluding carboxylic acids is 4. The number of pyridine rings is 1. The van der Waals surface area contributed by atoms with E-state index in [4.69, 9.17) is 9.47 Å².